The molecular weight excluding hydrogens is 501 g/mol. The van der Waals surface area contributed by atoms with Gasteiger partial charge in [0.05, 0.1) is 19.1 Å². The fraction of sp³-hybridized carbons (Fsp3) is 0.370. The highest BCUT2D eigenvalue weighted by Gasteiger charge is 2.32. The second-order valence-corrected chi connectivity index (χ2v) is 9.12. The molecule has 1 amide bonds. The van der Waals surface area contributed by atoms with E-state index in [1.165, 1.54) is 25.3 Å². The van der Waals surface area contributed by atoms with Crippen LogP contribution in [0.2, 0.25) is 0 Å². The van der Waals surface area contributed by atoms with Crippen molar-refractivity contribution in [2.75, 3.05) is 25.1 Å². The first-order chi connectivity index (χ1) is 18.2. The maximum atomic E-state index is 13.0. The molecule has 2 aromatic carbocycles. The Hall–Kier alpha value is -4.02. The van der Waals surface area contributed by atoms with Crippen molar-refractivity contribution in [2.24, 2.45) is 5.92 Å². The van der Waals surface area contributed by atoms with Gasteiger partial charge < -0.3 is 24.3 Å². The molecule has 1 atom stereocenters. The molecule has 0 saturated carbocycles. The molecule has 2 heterocycles. The number of carbonyl (C=O) groups is 2. The van der Waals surface area contributed by atoms with Crippen molar-refractivity contribution in [3.8, 4) is 5.75 Å². The number of hydrogen-bond acceptors (Lipinski definition) is 6. The first kappa shape index (κ1) is 27.0. The van der Waals surface area contributed by atoms with E-state index in [4.69, 9.17) is 4.74 Å². The van der Waals surface area contributed by atoms with Gasteiger partial charge in [0.2, 0.25) is 5.91 Å². The Morgan fingerprint density at radius 1 is 1.11 bits per heavy atom. The number of halogens is 3. The van der Waals surface area contributed by atoms with E-state index in [1.54, 1.807) is 12.4 Å². The lowest BCUT2D eigenvalue weighted by Crippen LogP contribution is -2.48. The molecule has 1 aliphatic rings. The Balaban J connectivity index is 1.32. The van der Waals surface area contributed by atoms with Crippen molar-refractivity contribution in [2.45, 2.75) is 38.2 Å². The van der Waals surface area contributed by atoms with Crippen molar-refractivity contribution in [3.05, 3.63) is 78.4 Å². The normalized spacial score (nSPS) is 15.1. The van der Waals surface area contributed by atoms with E-state index < -0.39 is 18.4 Å². The number of anilines is 1. The van der Waals surface area contributed by atoms with Crippen LogP contribution < -0.4 is 15.0 Å². The number of piperidine rings is 1. The highest BCUT2D eigenvalue weighted by molar-refractivity contribution is 5.86. The summed E-state index contributed by atoms with van der Waals surface area (Å²) in [5.74, 6) is -1.46. The highest BCUT2D eigenvalue weighted by atomic mass is 19.4. The van der Waals surface area contributed by atoms with Gasteiger partial charge in [-0.2, -0.15) is 0 Å². The number of methoxy groups -OCH3 is 1. The summed E-state index contributed by atoms with van der Waals surface area (Å²) >= 11 is 0. The Morgan fingerprint density at radius 3 is 2.53 bits per heavy atom. The van der Waals surface area contributed by atoms with Crippen molar-refractivity contribution in [1.82, 2.24) is 14.9 Å². The van der Waals surface area contributed by atoms with Crippen LogP contribution in [0.1, 0.15) is 24.1 Å². The maximum absolute atomic E-state index is 13.0. The molecule has 8 nitrogen and oxygen atoms in total. The molecule has 1 aromatic heterocycles. The quantitative estimate of drug-likeness (QED) is 0.422. The monoisotopic (exact) mass is 530 g/mol. The molecular formula is C27H29F3N4O4. The molecule has 0 aliphatic carbocycles. The summed E-state index contributed by atoms with van der Waals surface area (Å²) in [5.41, 5.74) is 2.34. The molecule has 11 heteroatoms. The van der Waals surface area contributed by atoms with Crippen LogP contribution in [0, 0.1) is 5.92 Å². The van der Waals surface area contributed by atoms with Gasteiger partial charge in [0.1, 0.15) is 11.8 Å². The van der Waals surface area contributed by atoms with Crippen molar-refractivity contribution >= 4 is 17.6 Å². The summed E-state index contributed by atoms with van der Waals surface area (Å²) in [6, 6.07) is 14.8. The molecule has 1 saturated heterocycles. The number of nitrogens with zero attached hydrogens (tertiary/aromatic N) is 3. The number of ether oxygens (including phenoxy) is 2. The van der Waals surface area contributed by atoms with Crippen LogP contribution in [0.25, 0.3) is 0 Å². The number of nitrogens with one attached hydrogen (secondary N) is 1. The lowest BCUT2D eigenvalue weighted by atomic mass is 9.95. The van der Waals surface area contributed by atoms with Crippen LogP contribution in [0.15, 0.2) is 67.1 Å². The number of rotatable bonds is 9. The molecule has 0 unspecified atom stereocenters. The summed E-state index contributed by atoms with van der Waals surface area (Å²) in [6.07, 6.45) is -0.0936. The van der Waals surface area contributed by atoms with E-state index in [0.29, 0.717) is 43.9 Å². The predicted molar refractivity (Wildman–Crippen MR) is 133 cm³/mol. The third-order valence-corrected chi connectivity index (χ3v) is 6.39. The van der Waals surface area contributed by atoms with Crippen molar-refractivity contribution < 1.29 is 32.2 Å². The van der Waals surface area contributed by atoms with Crippen LogP contribution in [-0.2, 0) is 27.3 Å². The molecule has 0 spiro atoms. The first-order valence-electron chi connectivity index (χ1n) is 12.2. The summed E-state index contributed by atoms with van der Waals surface area (Å²) in [7, 11) is 1.27. The zero-order valence-electron chi connectivity index (χ0n) is 20.9. The molecule has 0 bridgehead atoms. The molecule has 3 aromatic rings. The Kier molecular flexibility index (Phi) is 8.55. The van der Waals surface area contributed by atoms with Gasteiger partial charge in [-0.25, -0.2) is 9.78 Å². The molecule has 1 fully saturated rings. The zero-order chi connectivity index (χ0) is 27.1. The number of amides is 1. The van der Waals surface area contributed by atoms with Gasteiger partial charge in [0.25, 0.3) is 0 Å². The van der Waals surface area contributed by atoms with E-state index in [2.05, 4.69) is 15.0 Å². The fourth-order valence-electron chi connectivity index (χ4n) is 4.50. The molecule has 202 valence electrons. The van der Waals surface area contributed by atoms with Crippen LogP contribution in [-0.4, -0.2) is 54.0 Å². The standard InChI is InChI=1S/C27H29F3N4O4/c1-37-26(36)24(14-21-17-33(18-31-21)16-19-6-3-2-4-7-19)32-25(35)20-10-12-34(13-11-20)22-8-5-9-23(15-22)38-27(28,29)30/h2-9,15,17-18,20,24H,10-14,16H2,1H3,(H,32,35)/t24-/m0/s1. The van der Waals surface area contributed by atoms with Gasteiger partial charge in [0, 0.05) is 49.9 Å². The number of carbonyl (C=O) groups excluding carboxylic acids is 2. The Labute approximate surface area is 218 Å². The highest BCUT2D eigenvalue weighted by Crippen LogP contribution is 2.29. The zero-order valence-corrected chi connectivity index (χ0v) is 20.9. The van der Waals surface area contributed by atoms with Crippen molar-refractivity contribution in [3.63, 3.8) is 0 Å². The smallest absolute Gasteiger partial charge is 0.467 e. The van der Waals surface area contributed by atoms with Crippen LogP contribution in [0.5, 0.6) is 5.75 Å². The summed E-state index contributed by atoms with van der Waals surface area (Å²) < 4.78 is 48.5. The number of aromatic nitrogens is 2. The lowest BCUT2D eigenvalue weighted by molar-refractivity contribution is -0.274. The van der Waals surface area contributed by atoms with E-state index >= 15 is 0 Å². The molecule has 4 rings (SSSR count). The van der Waals surface area contributed by atoms with E-state index in [1.807, 2.05) is 46.0 Å². The topological polar surface area (TPSA) is 85.7 Å². The number of alkyl halides is 3. The third-order valence-electron chi connectivity index (χ3n) is 6.39. The summed E-state index contributed by atoms with van der Waals surface area (Å²) in [4.78, 5) is 31.7. The van der Waals surface area contributed by atoms with Crippen LogP contribution >= 0.6 is 0 Å². The van der Waals surface area contributed by atoms with Gasteiger partial charge in [0.15, 0.2) is 0 Å². The van der Waals surface area contributed by atoms with Gasteiger partial charge in [-0.3, -0.25) is 4.79 Å². The molecule has 1 N–H and O–H groups in total. The Morgan fingerprint density at radius 2 is 1.84 bits per heavy atom. The van der Waals surface area contributed by atoms with Gasteiger partial charge in [-0.05, 0) is 30.5 Å². The lowest BCUT2D eigenvalue weighted by Gasteiger charge is -2.33. The molecule has 0 radical (unpaired) electrons. The van der Waals surface area contributed by atoms with E-state index in [0.717, 1.165) is 5.56 Å². The second kappa shape index (κ2) is 12.0. The number of hydrogen-bond donors (Lipinski definition) is 1. The average molecular weight is 531 g/mol. The van der Waals surface area contributed by atoms with Crippen molar-refractivity contribution in [1.29, 1.82) is 0 Å². The number of imidazole rings is 1. The summed E-state index contributed by atoms with van der Waals surface area (Å²) in [5, 5.41) is 2.81. The minimum absolute atomic E-state index is 0.186. The molecule has 1 aliphatic heterocycles. The number of esters is 1. The minimum Gasteiger partial charge on any atom is -0.467 e. The number of benzene rings is 2. The van der Waals surface area contributed by atoms with Gasteiger partial charge >= 0.3 is 12.3 Å². The summed E-state index contributed by atoms with van der Waals surface area (Å²) in [6.45, 7) is 1.58. The largest absolute Gasteiger partial charge is 0.573 e. The molecule has 38 heavy (non-hydrogen) atoms. The van der Waals surface area contributed by atoms with E-state index in [-0.39, 0.29) is 24.0 Å². The maximum Gasteiger partial charge on any atom is 0.573 e. The predicted octanol–water partition coefficient (Wildman–Crippen LogP) is 3.95. The van der Waals surface area contributed by atoms with Crippen LogP contribution in [0.4, 0.5) is 18.9 Å². The SMILES string of the molecule is COC(=O)[C@H](Cc1cn(Cc2ccccc2)cn1)NC(=O)C1CCN(c2cccc(OC(F)(F)F)c2)CC1. The van der Waals surface area contributed by atoms with Gasteiger partial charge in [-0.1, -0.05) is 36.4 Å². The fourth-order valence-corrected chi connectivity index (χ4v) is 4.50. The average Bonchev–Trinajstić information content (AvgIpc) is 3.34. The first-order valence-corrected chi connectivity index (χ1v) is 12.2. The third kappa shape index (κ3) is 7.50. The van der Waals surface area contributed by atoms with Crippen LogP contribution in [0.3, 0.4) is 0 Å². The van der Waals surface area contributed by atoms with E-state index in [9.17, 15) is 22.8 Å². The van der Waals surface area contributed by atoms with Gasteiger partial charge in [-0.15, -0.1) is 13.2 Å². The Bertz CT molecular complexity index is 1220. The minimum atomic E-state index is -4.76. The second-order valence-electron chi connectivity index (χ2n) is 9.12.